The maximum absolute atomic E-state index is 5.34. The lowest BCUT2D eigenvalue weighted by Crippen LogP contribution is -2.09. The van der Waals surface area contributed by atoms with Gasteiger partial charge in [-0.15, -0.1) is 0 Å². The van der Waals surface area contributed by atoms with Gasteiger partial charge < -0.3 is 9.47 Å². The summed E-state index contributed by atoms with van der Waals surface area (Å²) in [6.07, 6.45) is 8.17. The molecular weight excluding hydrogens is 212 g/mol. The minimum atomic E-state index is 0.819. The number of methoxy groups -OCH3 is 2. The van der Waals surface area contributed by atoms with Gasteiger partial charge in [-0.1, -0.05) is 38.2 Å². The van der Waals surface area contributed by atoms with Gasteiger partial charge in [0.1, 0.15) is 0 Å². The van der Waals surface area contributed by atoms with Crippen LogP contribution in [0.25, 0.3) is 0 Å². The second kappa shape index (κ2) is 5.95. The van der Waals surface area contributed by atoms with Crippen LogP contribution >= 0.6 is 0 Å². The molecular formula is C15H22O2. The summed E-state index contributed by atoms with van der Waals surface area (Å²) in [5.74, 6) is 2.53. The van der Waals surface area contributed by atoms with Gasteiger partial charge in [0.15, 0.2) is 11.5 Å². The lowest BCUT2D eigenvalue weighted by molar-refractivity contribution is 0.348. The van der Waals surface area contributed by atoms with E-state index in [1.165, 1.54) is 44.1 Å². The molecule has 1 saturated carbocycles. The molecule has 0 aromatic heterocycles. The Labute approximate surface area is 104 Å². The molecule has 1 aliphatic rings. The molecule has 94 valence electrons. The zero-order valence-electron chi connectivity index (χ0n) is 10.9. The van der Waals surface area contributed by atoms with E-state index >= 15 is 0 Å². The molecule has 2 heteroatoms. The number of hydrogen-bond donors (Lipinski definition) is 0. The van der Waals surface area contributed by atoms with Crippen molar-refractivity contribution in [2.75, 3.05) is 14.2 Å². The zero-order chi connectivity index (χ0) is 12.1. The molecule has 17 heavy (non-hydrogen) atoms. The fourth-order valence-corrected chi connectivity index (χ4v) is 2.73. The van der Waals surface area contributed by atoms with Gasteiger partial charge in [-0.2, -0.15) is 0 Å². The summed E-state index contributed by atoms with van der Waals surface area (Å²) in [4.78, 5) is 0. The van der Waals surface area contributed by atoms with Gasteiger partial charge in [-0.05, 0) is 30.0 Å². The smallest absolute Gasteiger partial charge is 0.160 e. The average Bonchev–Trinajstić information content (AvgIpc) is 2.40. The molecule has 0 atom stereocenters. The second-order valence-corrected chi connectivity index (χ2v) is 4.90. The van der Waals surface area contributed by atoms with Crippen LogP contribution in [0, 0.1) is 5.92 Å². The molecule has 1 aromatic rings. The first-order chi connectivity index (χ1) is 8.33. The van der Waals surface area contributed by atoms with Crippen LogP contribution in [0.4, 0.5) is 0 Å². The van der Waals surface area contributed by atoms with E-state index < -0.39 is 0 Å². The molecule has 0 aliphatic heterocycles. The van der Waals surface area contributed by atoms with Crippen LogP contribution in [-0.2, 0) is 6.42 Å². The third kappa shape index (κ3) is 3.15. The molecule has 0 amide bonds. The van der Waals surface area contributed by atoms with Gasteiger partial charge in [0.2, 0.25) is 0 Å². The summed E-state index contributed by atoms with van der Waals surface area (Å²) in [5, 5.41) is 0. The quantitative estimate of drug-likeness (QED) is 0.788. The van der Waals surface area contributed by atoms with Gasteiger partial charge >= 0.3 is 0 Å². The molecule has 0 radical (unpaired) electrons. The predicted molar refractivity (Wildman–Crippen MR) is 69.8 cm³/mol. The number of rotatable bonds is 4. The van der Waals surface area contributed by atoms with Gasteiger partial charge in [0.25, 0.3) is 0 Å². The largest absolute Gasteiger partial charge is 0.493 e. The summed E-state index contributed by atoms with van der Waals surface area (Å²) >= 11 is 0. The van der Waals surface area contributed by atoms with Crippen molar-refractivity contribution in [3.63, 3.8) is 0 Å². The van der Waals surface area contributed by atoms with Gasteiger partial charge in [0, 0.05) is 0 Å². The third-order valence-electron chi connectivity index (χ3n) is 3.70. The maximum atomic E-state index is 5.34. The van der Waals surface area contributed by atoms with Crippen LogP contribution in [-0.4, -0.2) is 14.2 Å². The molecule has 1 fully saturated rings. The van der Waals surface area contributed by atoms with E-state index in [9.17, 15) is 0 Å². The van der Waals surface area contributed by atoms with Crippen LogP contribution in [0.1, 0.15) is 37.7 Å². The van der Waals surface area contributed by atoms with Crippen LogP contribution in [0.3, 0.4) is 0 Å². The fourth-order valence-electron chi connectivity index (χ4n) is 2.73. The van der Waals surface area contributed by atoms with E-state index in [4.69, 9.17) is 9.47 Å². The monoisotopic (exact) mass is 234 g/mol. The minimum Gasteiger partial charge on any atom is -0.493 e. The first kappa shape index (κ1) is 12.3. The van der Waals surface area contributed by atoms with Crippen molar-refractivity contribution in [2.45, 2.75) is 38.5 Å². The van der Waals surface area contributed by atoms with Crippen LogP contribution < -0.4 is 9.47 Å². The van der Waals surface area contributed by atoms with Crippen molar-refractivity contribution in [3.8, 4) is 11.5 Å². The third-order valence-corrected chi connectivity index (χ3v) is 3.70. The molecule has 1 aromatic carbocycles. The van der Waals surface area contributed by atoms with Crippen LogP contribution in [0.5, 0.6) is 11.5 Å². The minimum absolute atomic E-state index is 0.819. The fraction of sp³-hybridized carbons (Fsp3) is 0.600. The standard InChI is InChI=1S/C15H22O2/c1-16-14-9-8-13(11-15(14)17-2)10-12-6-4-3-5-7-12/h8-9,11-12H,3-7,10H2,1-2H3. The summed E-state index contributed by atoms with van der Waals surface area (Å²) in [5.41, 5.74) is 1.37. The summed E-state index contributed by atoms with van der Waals surface area (Å²) in [7, 11) is 3.38. The maximum Gasteiger partial charge on any atom is 0.160 e. The second-order valence-electron chi connectivity index (χ2n) is 4.90. The molecule has 2 rings (SSSR count). The average molecular weight is 234 g/mol. The van der Waals surface area contributed by atoms with Crippen LogP contribution in [0.15, 0.2) is 18.2 Å². The Hall–Kier alpha value is -1.18. The normalized spacial score (nSPS) is 16.8. The highest BCUT2D eigenvalue weighted by Gasteiger charge is 2.14. The SMILES string of the molecule is COc1ccc(CC2CCCCC2)cc1OC. The van der Waals surface area contributed by atoms with Gasteiger partial charge in [-0.25, -0.2) is 0 Å². The Morgan fingerprint density at radius 1 is 1.00 bits per heavy atom. The highest BCUT2D eigenvalue weighted by atomic mass is 16.5. The van der Waals surface area contributed by atoms with Gasteiger partial charge in [-0.3, -0.25) is 0 Å². The molecule has 0 bridgehead atoms. The molecule has 0 unspecified atom stereocenters. The van der Waals surface area contributed by atoms with Crippen molar-refractivity contribution in [3.05, 3.63) is 23.8 Å². The predicted octanol–water partition coefficient (Wildman–Crippen LogP) is 3.83. The number of hydrogen-bond acceptors (Lipinski definition) is 2. The van der Waals surface area contributed by atoms with Crippen molar-refractivity contribution < 1.29 is 9.47 Å². The molecule has 0 heterocycles. The first-order valence-electron chi connectivity index (χ1n) is 6.54. The van der Waals surface area contributed by atoms with Crippen LogP contribution in [0.2, 0.25) is 0 Å². The van der Waals surface area contributed by atoms with E-state index in [0.717, 1.165) is 17.4 Å². The summed E-state index contributed by atoms with van der Waals surface area (Å²) < 4.78 is 10.6. The summed E-state index contributed by atoms with van der Waals surface area (Å²) in [6, 6.07) is 6.29. The van der Waals surface area contributed by atoms with Gasteiger partial charge in [0.05, 0.1) is 14.2 Å². The first-order valence-corrected chi connectivity index (χ1v) is 6.54. The topological polar surface area (TPSA) is 18.5 Å². The highest BCUT2D eigenvalue weighted by molar-refractivity contribution is 5.42. The highest BCUT2D eigenvalue weighted by Crippen LogP contribution is 2.31. The number of ether oxygens (including phenoxy) is 2. The van der Waals surface area contributed by atoms with E-state index in [1.54, 1.807) is 14.2 Å². The van der Waals surface area contributed by atoms with Crippen molar-refractivity contribution in [1.29, 1.82) is 0 Å². The Balaban J connectivity index is 2.05. The Morgan fingerprint density at radius 3 is 2.35 bits per heavy atom. The lowest BCUT2D eigenvalue weighted by atomic mass is 9.85. The lowest BCUT2D eigenvalue weighted by Gasteiger charge is -2.21. The number of benzene rings is 1. The molecule has 0 spiro atoms. The Morgan fingerprint density at radius 2 is 1.71 bits per heavy atom. The van der Waals surface area contributed by atoms with E-state index in [0.29, 0.717) is 0 Å². The van der Waals surface area contributed by atoms with Crippen molar-refractivity contribution >= 4 is 0 Å². The van der Waals surface area contributed by atoms with Crippen molar-refractivity contribution in [2.24, 2.45) is 5.92 Å². The molecule has 1 aliphatic carbocycles. The molecule has 0 saturated heterocycles. The summed E-state index contributed by atoms with van der Waals surface area (Å²) in [6.45, 7) is 0. The van der Waals surface area contributed by atoms with E-state index in [1.807, 2.05) is 6.07 Å². The van der Waals surface area contributed by atoms with E-state index in [2.05, 4.69) is 12.1 Å². The van der Waals surface area contributed by atoms with Crippen molar-refractivity contribution in [1.82, 2.24) is 0 Å². The molecule has 2 nitrogen and oxygen atoms in total. The zero-order valence-corrected chi connectivity index (χ0v) is 10.9. The Bertz CT molecular complexity index is 354. The molecule has 0 N–H and O–H groups in total. The van der Waals surface area contributed by atoms with E-state index in [-0.39, 0.29) is 0 Å². The Kier molecular flexibility index (Phi) is 4.29.